The lowest BCUT2D eigenvalue weighted by atomic mass is 10.1. The molecule has 0 fully saturated rings. The number of nitrogens with zero attached hydrogens (tertiary/aromatic N) is 5. The van der Waals surface area contributed by atoms with E-state index in [0.717, 1.165) is 56.2 Å². The second kappa shape index (κ2) is 9.41. The SMILES string of the molecule is COc1ccc(C#Cc2cc(-c3nc4ccccc4n3C)nc(-c3nc4ccccc4n3C)c2)c(OC)c1. The van der Waals surface area contributed by atoms with Crippen LogP contribution in [0, 0.1) is 11.8 Å². The van der Waals surface area contributed by atoms with Crippen LogP contribution in [0.25, 0.3) is 45.1 Å². The number of pyridine rings is 1. The number of benzene rings is 3. The minimum atomic E-state index is 0.650. The van der Waals surface area contributed by atoms with Gasteiger partial charge in [-0.3, -0.25) is 0 Å². The minimum absolute atomic E-state index is 0.650. The lowest BCUT2D eigenvalue weighted by molar-refractivity contribution is 0.393. The van der Waals surface area contributed by atoms with Gasteiger partial charge in [-0.15, -0.1) is 0 Å². The second-order valence-electron chi connectivity index (χ2n) is 8.91. The molecule has 0 unspecified atom stereocenters. The Morgan fingerprint density at radius 3 is 1.74 bits per heavy atom. The van der Waals surface area contributed by atoms with E-state index in [-0.39, 0.29) is 0 Å². The van der Waals surface area contributed by atoms with E-state index in [0.29, 0.717) is 11.5 Å². The first-order chi connectivity index (χ1) is 18.6. The number of hydrogen-bond acceptors (Lipinski definition) is 5. The van der Waals surface area contributed by atoms with Gasteiger partial charge in [-0.1, -0.05) is 36.1 Å². The molecular formula is C31H25N5O2. The average molecular weight is 500 g/mol. The van der Waals surface area contributed by atoms with E-state index in [2.05, 4.69) is 33.1 Å². The summed E-state index contributed by atoms with van der Waals surface area (Å²) in [6.07, 6.45) is 0. The van der Waals surface area contributed by atoms with Crippen LogP contribution >= 0.6 is 0 Å². The maximum absolute atomic E-state index is 5.54. The smallest absolute Gasteiger partial charge is 0.159 e. The van der Waals surface area contributed by atoms with Gasteiger partial charge in [0, 0.05) is 25.7 Å². The van der Waals surface area contributed by atoms with Gasteiger partial charge >= 0.3 is 0 Å². The number of fused-ring (bicyclic) bond motifs is 2. The van der Waals surface area contributed by atoms with Gasteiger partial charge in [-0.25, -0.2) is 15.0 Å². The Bertz CT molecular complexity index is 1790. The largest absolute Gasteiger partial charge is 0.497 e. The Kier molecular flexibility index (Phi) is 5.78. The normalized spacial score (nSPS) is 10.9. The summed E-state index contributed by atoms with van der Waals surface area (Å²) < 4.78 is 15.0. The summed E-state index contributed by atoms with van der Waals surface area (Å²) in [7, 11) is 7.26. The van der Waals surface area contributed by atoms with Crippen LogP contribution in [-0.4, -0.2) is 38.3 Å². The van der Waals surface area contributed by atoms with Crippen LogP contribution < -0.4 is 9.47 Å². The first-order valence-corrected chi connectivity index (χ1v) is 12.2. The molecule has 0 atom stereocenters. The van der Waals surface area contributed by atoms with Crippen molar-refractivity contribution in [3.63, 3.8) is 0 Å². The molecule has 0 saturated carbocycles. The van der Waals surface area contributed by atoms with Crippen molar-refractivity contribution in [3.05, 3.63) is 90.0 Å². The van der Waals surface area contributed by atoms with Crippen LogP contribution in [0.15, 0.2) is 78.9 Å². The molecule has 3 aromatic carbocycles. The quantitative estimate of drug-likeness (QED) is 0.295. The standard InChI is InChI=1S/C31H25N5O2/c1-35-27-11-7-5-9-23(27)33-30(35)25-17-20(13-14-21-15-16-22(37-3)19-29(21)38-4)18-26(32-25)31-34-24-10-6-8-12-28(24)36(31)2/h5-12,15-19H,1-4H3. The predicted octanol–water partition coefficient (Wildman–Crippen LogP) is 5.61. The number of aromatic nitrogens is 5. The zero-order chi connectivity index (χ0) is 26.2. The molecule has 7 nitrogen and oxygen atoms in total. The van der Waals surface area contributed by atoms with Gasteiger partial charge in [0.1, 0.15) is 22.9 Å². The molecule has 3 aromatic heterocycles. The third kappa shape index (κ3) is 4.02. The van der Waals surface area contributed by atoms with Crippen LogP contribution in [0.1, 0.15) is 11.1 Å². The number of para-hydroxylation sites is 4. The second-order valence-corrected chi connectivity index (χ2v) is 8.91. The zero-order valence-electron chi connectivity index (χ0n) is 21.6. The van der Waals surface area contributed by atoms with Crippen molar-refractivity contribution in [2.45, 2.75) is 0 Å². The molecule has 0 aliphatic heterocycles. The zero-order valence-corrected chi connectivity index (χ0v) is 21.6. The van der Waals surface area contributed by atoms with Crippen molar-refractivity contribution >= 4 is 22.1 Å². The molecule has 7 heteroatoms. The van der Waals surface area contributed by atoms with Crippen LogP contribution in [0.2, 0.25) is 0 Å². The first kappa shape index (κ1) is 23.3. The van der Waals surface area contributed by atoms with Crippen molar-refractivity contribution in [3.8, 4) is 46.4 Å². The fourth-order valence-corrected chi connectivity index (χ4v) is 4.62. The highest BCUT2D eigenvalue weighted by molar-refractivity contribution is 5.82. The summed E-state index contributed by atoms with van der Waals surface area (Å²) >= 11 is 0. The highest BCUT2D eigenvalue weighted by Crippen LogP contribution is 2.29. The minimum Gasteiger partial charge on any atom is -0.497 e. The Hall–Kier alpha value is -5.09. The molecule has 0 radical (unpaired) electrons. The monoisotopic (exact) mass is 499 g/mol. The predicted molar refractivity (Wildman–Crippen MR) is 149 cm³/mol. The third-order valence-corrected chi connectivity index (χ3v) is 6.61. The molecule has 6 aromatic rings. The Morgan fingerprint density at radius 2 is 1.21 bits per heavy atom. The molecule has 0 aliphatic carbocycles. The summed E-state index contributed by atoms with van der Waals surface area (Å²) in [5, 5.41) is 0. The summed E-state index contributed by atoms with van der Waals surface area (Å²) in [5.41, 5.74) is 6.89. The van der Waals surface area contributed by atoms with Gasteiger partial charge in [0.2, 0.25) is 0 Å². The lowest BCUT2D eigenvalue weighted by Gasteiger charge is -2.08. The summed E-state index contributed by atoms with van der Waals surface area (Å²) in [6.45, 7) is 0. The molecule has 0 bridgehead atoms. The molecule has 3 heterocycles. The lowest BCUT2D eigenvalue weighted by Crippen LogP contribution is -2.00. The van der Waals surface area contributed by atoms with Crippen LogP contribution in [0.4, 0.5) is 0 Å². The fourth-order valence-electron chi connectivity index (χ4n) is 4.62. The van der Waals surface area contributed by atoms with E-state index < -0.39 is 0 Å². The van der Waals surface area contributed by atoms with E-state index >= 15 is 0 Å². The molecule has 0 spiro atoms. The molecular weight excluding hydrogens is 474 g/mol. The Balaban J connectivity index is 1.54. The van der Waals surface area contributed by atoms with Crippen LogP contribution in [0.5, 0.6) is 11.5 Å². The maximum atomic E-state index is 5.54. The number of aryl methyl sites for hydroxylation is 2. The van der Waals surface area contributed by atoms with Crippen molar-refractivity contribution < 1.29 is 9.47 Å². The third-order valence-electron chi connectivity index (χ3n) is 6.61. The van der Waals surface area contributed by atoms with Crippen molar-refractivity contribution in [1.29, 1.82) is 0 Å². The Morgan fingerprint density at radius 1 is 0.632 bits per heavy atom. The van der Waals surface area contributed by atoms with Crippen molar-refractivity contribution in [1.82, 2.24) is 24.1 Å². The summed E-state index contributed by atoms with van der Waals surface area (Å²) in [5.74, 6) is 9.46. The van der Waals surface area contributed by atoms with Gasteiger partial charge in [0.05, 0.1) is 41.8 Å². The highest BCUT2D eigenvalue weighted by atomic mass is 16.5. The maximum Gasteiger partial charge on any atom is 0.159 e. The van der Waals surface area contributed by atoms with E-state index in [9.17, 15) is 0 Å². The molecule has 38 heavy (non-hydrogen) atoms. The molecule has 0 amide bonds. The molecule has 186 valence electrons. The van der Waals surface area contributed by atoms with E-state index in [1.807, 2.05) is 80.8 Å². The Labute approximate surface area is 220 Å². The summed E-state index contributed by atoms with van der Waals surface area (Å²) in [6, 6.07) is 25.6. The van der Waals surface area contributed by atoms with Gasteiger partial charge in [0.25, 0.3) is 0 Å². The number of hydrogen-bond donors (Lipinski definition) is 0. The topological polar surface area (TPSA) is 67.0 Å². The number of ether oxygens (including phenoxy) is 2. The van der Waals surface area contributed by atoms with Crippen molar-refractivity contribution in [2.24, 2.45) is 14.1 Å². The number of imidazole rings is 2. The van der Waals surface area contributed by atoms with Crippen molar-refractivity contribution in [2.75, 3.05) is 14.2 Å². The molecule has 0 saturated heterocycles. The number of rotatable bonds is 4. The molecule has 0 N–H and O–H groups in total. The average Bonchev–Trinajstić information content (AvgIpc) is 3.48. The van der Waals surface area contributed by atoms with Gasteiger partial charge in [-0.2, -0.15) is 0 Å². The van der Waals surface area contributed by atoms with Crippen LogP contribution in [0.3, 0.4) is 0 Å². The first-order valence-electron chi connectivity index (χ1n) is 12.2. The molecule has 0 aliphatic rings. The molecule has 6 rings (SSSR count). The van der Waals surface area contributed by atoms with E-state index in [4.69, 9.17) is 24.4 Å². The van der Waals surface area contributed by atoms with Crippen LogP contribution in [-0.2, 0) is 14.1 Å². The fraction of sp³-hybridized carbons (Fsp3) is 0.129. The van der Waals surface area contributed by atoms with Gasteiger partial charge < -0.3 is 18.6 Å². The van der Waals surface area contributed by atoms with Gasteiger partial charge in [0.15, 0.2) is 11.6 Å². The highest BCUT2D eigenvalue weighted by Gasteiger charge is 2.17. The van der Waals surface area contributed by atoms with Gasteiger partial charge in [-0.05, 0) is 48.5 Å². The summed E-state index contributed by atoms with van der Waals surface area (Å²) in [4.78, 5) is 14.8. The van der Waals surface area contributed by atoms with E-state index in [1.54, 1.807) is 14.2 Å². The number of methoxy groups -OCH3 is 2. The van der Waals surface area contributed by atoms with E-state index in [1.165, 1.54) is 0 Å².